The molecule has 0 aliphatic carbocycles. The summed E-state index contributed by atoms with van der Waals surface area (Å²) in [5, 5.41) is 14.1. The van der Waals surface area contributed by atoms with Gasteiger partial charge in [0.1, 0.15) is 11.8 Å². The summed E-state index contributed by atoms with van der Waals surface area (Å²) in [5.41, 5.74) is 0.792. The summed E-state index contributed by atoms with van der Waals surface area (Å²) in [6, 6.07) is 17.8. The molecule has 0 spiro atoms. The first-order valence-electron chi connectivity index (χ1n) is 7.42. The van der Waals surface area contributed by atoms with E-state index in [1.807, 2.05) is 24.3 Å². The minimum atomic E-state index is -0.393. The molecular formula is C18H17N3O3. The van der Waals surface area contributed by atoms with Crippen LogP contribution in [-0.4, -0.2) is 25.0 Å². The quantitative estimate of drug-likeness (QED) is 0.816. The summed E-state index contributed by atoms with van der Waals surface area (Å²) in [5.74, 6) is 0.0147. The van der Waals surface area contributed by atoms with Gasteiger partial charge in [0.25, 0.3) is 0 Å². The Bertz CT molecular complexity index is 739. The van der Waals surface area contributed by atoms with E-state index in [0.29, 0.717) is 17.0 Å². The molecule has 0 unspecified atom stereocenters. The third-order valence-corrected chi connectivity index (χ3v) is 3.11. The Morgan fingerprint density at radius 3 is 2.46 bits per heavy atom. The number of nitriles is 1. The van der Waals surface area contributed by atoms with Gasteiger partial charge in [-0.25, -0.2) is 0 Å². The predicted octanol–water partition coefficient (Wildman–Crippen LogP) is 2.08. The number of hydrogen-bond donors (Lipinski definition) is 2. The Labute approximate surface area is 140 Å². The summed E-state index contributed by atoms with van der Waals surface area (Å²) in [6.07, 6.45) is 0.150. The zero-order valence-electron chi connectivity index (χ0n) is 13.0. The van der Waals surface area contributed by atoms with E-state index in [-0.39, 0.29) is 25.5 Å². The Hall–Kier alpha value is -3.33. The van der Waals surface area contributed by atoms with Crippen molar-refractivity contribution in [2.24, 2.45) is 0 Å². The molecule has 6 heteroatoms. The van der Waals surface area contributed by atoms with Crippen LogP contribution in [0.3, 0.4) is 0 Å². The van der Waals surface area contributed by atoms with Gasteiger partial charge in [-0.2, -0.15) is 5.26 Å². The van der Waals surface area contributed by atoms with E-state index in [1.54, 1.807) is 36.4 Å². The van der Waals surface area contributed by atoms with Gasteiger partial charge in [0.15, 0.2) is 0 Å². The van der Waals surface area contributed by atoms with Crippen molar-refractivity contribution in [2.75, 3.05) is 18.5 Å². The van der Waals surface area contributed by atoms with Crippen LogP contribution in [0.25, 0.3) is 0 Å². The van der Waals surface area contributed by atoms with E-state index in [2.05, 4.69) is 10.6 Å². The van der Waals surface area contributed by atoms with Gasteiger partial charge in [0.2, 0.25) is 11.8 Å². The maximum absolute atomic E-state index is 11.8. The highest BCUT2D eigenvalue weighted by Gasteiger charge is 2.08. The maximum atomic E-state index is 11.8. The fraction of sp³-hybridized carbons (Fsp3) is 0.167. The Balaban J connectivity index is 1.69. The number of anilines is 1. The standard InChI is InChI=1S/C18H17N3O3/c19-12-14-6-4-5-9-16(14)21-18(23)13-20-17(22)10-11-24-15-7-2-1-3-8-15/h1-9H,10-11,13H2,(H,20,22)(H,21,23). The van der Waals surface area contributed by atoms with Crippen LogP contribution in [0.2, 0.25) is 0 Å². The molecule has 0 aromatic heterocycles. The number of carbonyl (C=O) groups excluding carboxylic acids is 2. The molecule has 0 aliphatic rings. The number of rotatable bonds is 7. The van der Waals surface area contributed by atoms with Crippen molar-refractivity contribution in [3.05, 3.63) is 60.2 Å². The zero-order valence-corrected chi connectivity index (χ0v) is 13.0. The largest absolute Gasteiger partial charge is 0.493 e. The molecule has 2 aromatic rings. The van der Waals surface area contributed by atoms with Crippen molar-refractivity contribution in [1.82, 2.24) is 5.32 Å². The highest BCUT2D eigenvalue weighted by Crippen LogP contribution is 2.13. The lowest BCUT2D eigenvalue weighted by atomic mass is 10.2. The zero-order chi connectivity index (χ0) is 17.2. The first-order valence-corrected chi connectivity index (χ1v) is 7.42. The Morgan fingerprint density at radius 2 is 1.71 bits per heavy atom. The second-order valence-electron chi connectivity index (χ2n) is 4.89. The fourth-order valence-electron chi connectivity index (χ4n) is 1.93. The lowest BCUT2D eigenvalue weighted by molar-refractivity contribution is -0.124. The molecule has 122 valence electrons. The molecule has 0 aliphatic heterocycles. The van der Waals surface area contributed by atoms with Gasteiger partial charge in [-0.15, -0.1) is 0 Å². The van der Waals surface area contributed by atoms with Crippen molar-refractivity contribution < 1.29 is 14.3 Å². The number of nitrogens with zero attached hydrogens (tertiary/aromatic N) is 1. The van der Waals surface area contributed by atoms with Crippen LogP contribution in [0.15, 0.2) is 54.6 Å². The SMILES string of the molecule is N#Cc1ccccc1NC(=O)CNC(=O)CCOc1ccccc1. The van der Waals surface area contributed by atoms with Gasteiger partial charge in [0.05, 0.1) is 30.8 Å². The van der Waals surface area contributed by atoms with E-state index in [9.17, 15) is 9.59 Å². The highest BCUT2D eigenvalue weighted by atomic mass is 16.5. The maximum Gasteiger partial charge on any atom is 0.243 e. The highest BCUT2D eigenvalue weighted by molar-refractivity contribution is 5.95. The fourth-order valence-corrected chi connectivity index (χ4v) is 1.93. The monoisotopic (exact) mass is 323 g/mol. The van der Waals surface area contributed by atoms with E-state index in [1.165, 1.54) is 0 Å². The van der Waals surface area contributed by atoms with Crippen LogP contribution in [0, 0.1) is 11.3 Å². The summed E-state index contributed by atoms with van der Waals surface area (Å²) < 4.78 is 5.41. The minimum Gasteiger partial charge on any atom is -0.493 e. The van der Waals surface area contributed by atoms with Crippen LogP contribution in [-0.2, 0) is 9.59 Å². The van der Waals surface area contributed by atoms with Gasteiger partial charge in [0, 0.05) is 0 Å². The second-order valence-corrected chi connectivity index (χ2v) is 4.89. The number of hydrogen-bond acceptors (Lipinski definition) is 4. The first-order chi connectivity index (χ1) is 11.7. The number of benzene rings is 2. The van der Waals surface area contributed by atoms with E-state index in [4.69, 9.17) is 10.00 Å². The van der Waals surface area contributed by atoms with Crippen molar-refractivity contribution in [1.29, 1.82) is 5.26 Å². The third-order valence-electron chi connectivity index (χ3n) is 3.11. The molecular weight excluding hydrogens is 306 g/mol. The summed E-state index contributed by atoms with van der Waals surface area (Å²) in [7, 11) is 0. The number of amides is 2. The normalized spacial score (nSPS) is 9.62. The average Bonchev–Trinajstić information content (AvgIpc) is 2.61. The molecule has 0 saturated heterocycles. The Morgan fingerprint density at radius 1 is 1.00 bits per heavy atom. The third kappa shape index (κ3) is 5.46. The summed E-state index contributed by atoms with van der Waals surface area (Å²) in [4.78, 5) is 23.5. The summed E-state index contributed by atoms with van der Waals surface area (Å²) >= 11 is 0. The molecule has 0 fully saturated rings. The molecule has 2 amide bonds. The molecule has 6 nitrogen and oxygen atoms in total. The first kappa shape index (κ1) is 17.0. The van der Waals surface area contributed by atoms with Crippen molar-refractivity contribution in [3.63, 3.8) is 0 Å². The number of ether oxygens (including phenoxy) is 1. The molecule has 24 heavy (non-hydrogen) atoms. The minimum absolute atomic E-state index is 0.150. The van der Waals surface area contributed by atoms with Crippen LogP contribution in [0.5, 0.6) is 5.75 Å². The van der Waals surface area contributed by atoms with Gasteiger partial charge in [-0.3, -0.25) is 9.59 Å². The molecule has 0 radical (unpaired) electrons. The van der Waals surface area contributed by atoms with E-state index >= 15 is 0 Å². The van der Waals surface area contributed by atoms with Gasteiger partial charge in [-0.1, -0.05) is 30.3 Å². The smallest absolute Gasteiger partial charge is 0.243 e. The summed E-state index contributed by atoms with van der Waals surface area (Å²) in [6.45, 7) is 0.0681. The van der Waals surface area contributed by atoms with Gasteiger partial charge in [-0.05, 0) is 24.3 Å². The molecule has 0 bridgehead atoms. The molecule has 0 atom stereocenters. The van der Waals surface area contributed by atoms with E-state index in [0.717, 1.165) is 0 Å². The van der Waals surface area contributed by atoms with Crippen LogP contribution in [0.1, 0.15) is 12.0 Å². The number of para-hydroxylation sites is 2. The number of carbonyl (C=O) groups is 2. The van der Waals surface area contributed by atoms with Crippen molar-refractivity contribution >= 4 is 17.5 Å². The Kier molecular flexibility index (Phi) is 6.35. The van der Waals surface area contributed by atoms with Crippen molar-refractivity contribution in [2.45, 2.75) is 6.42 Å². The van der Waals surface area contributed by atoms with Crippen molar-refractivity contribution in [3.8, 4) is 11.8 Å². The second kappa shape index (κ2) is 8.96. The lowest BCUT2D eigenvalue weighted by Crippen LogP contribution is -2.33. The van der Waals surface area contributed by atoms with Crippen LogP contribution in [0.4, 0.5) is 5.69 Å². The van der Waals surface area contributed by atoms with Crippen LogP contribution < -0.4 is 15.4 Å². The molecule has 2 aromatic carbocycles. The van der Waals surface area contributed by atoms with Gasteiger partial charge >= 0.3 is 0 Å². The molecule has 0 heterocycles. The van der Waals surface area contributed by atoms with Crippen LogP contribution >= 0.6 is 0 Å². The molecule has 0 saturated carbocycles. The average molecular weight is 323 g/mol. The predicted molar refractivity (Wildman–Crippen MR) is 89.4 cm³/mol. The van der Waals surface area contributed by atoms with Gasteiger partial charge < -0.3 is 15.4 Å². The number of nitrogens with one attached hydrogen (secondary N) is 2. The lowest BCUT2D eigenvalue weighted by Gasteiger charge is -2.09. The topological polar surface area (TPSA) is 91.2 Å². The van der Waals surface area contributed by atoms with E-state index < -0.39 is 5.91 Å². The molecule has 2 rings (SSSR count). The molecule has 2 N–H and O–H groups in total.